The SMILES string of the molecule is CCCCCCCCCCCCCCCCCCCCC(=O)OC[C@@H](COC(=O)CCCCCCCCCCCCCCCCCC(C)C)OC(=O)CCCCCCCCCCCCCCCCC. The lowest BCUT2D eigenvalue weighted by atomic mass is 10.0. The maximum atomic E-state index is 12.9. The molecule has 0 aromatic heterocycles. The van der Waals surface area contributed by atoms with Crippen LogP contribution >= 0.6 is 0 Å². The molecule has 69 heavy (non-hydrogen) atoms. The highest BCUT2D eigenvalue weighted by Gasteiger charge is 2.19. The van der Waals surface area contributed by atoms with E-state index in [0.29, 0.717) is 19.3 Å². The minimum Gasteiger partial charge on any atom is -0.462 e. The van der Waals surface area contributed by atoms with E-state index in [4.69, 9.17) is 14.2 Å². The Kier molecular flexibility index (Phi) is 56.0. The number of unbranched alkanes of at least 4 members (excludes halogenated alkanes) is 45. The Morgan fingerprint density at radius 2 is 0.478 bits per heavy atom. The van der Waals surface area contributed by atoms with Crippen LogP contribution in [0, 0.1) is 5.92 Å². The van der Waals surface area contributed by atoms with Gasteiger partial charge in [-0.2, -0.15) is 0 Å². The van der Waals surface area contributed by atoms with Crippen LogP contribution in [0.25, 0.3) is 0 Å². The third kappa shape index (κ3) is 57.2. The van der Waals surface area contributed by atoms with E-state index in [0.717, 1.165) is 63.7 Å². The molecule has 0 aliphatic rings. The standard InChI is InChI=1S/C63H122O6/c1-5-7-9-11-13-15-17-19-21-22-23-27-30-34-38-42-46-50-54-61(64)67-57-60(69-63(66)56-52-48-44-40-36-32-25-20-18-16-14-12-10-8-6-2)58-68-62(65)55-51-47-43-39-35-31-28-24-26-29-33-37-41-45-49-53-59(3)4/h59-60H,5-58H2,1-4H3/t60-/m0/s1. The summed E-state index contributed by atoms with van der Waals surface area (Å²) in [7, 11) is 0. The molecule has 0 aliphatic carbocycles. The van der Waals surface area contributed by atoms with Crippen molar-refractivity contribution >= 4 is 17.9 Å². The summed E-state index contributed by atoms with van der Waals surface area (Å²) in [6, 6.07) is 0. The van der Waals surface area contributed by atoms with Crippen molar-refractivity contribution in [2.45, 2.75) is 368 Å². The van der Waals surface area contributed by atoms with E-state index in [9.17, 15) is 14.4 Å². The maximum absolute atomic E-state index is 12.9. The Balaban J connectivity index is 4.27. The molecule has 0 aromatic rings. The van der Waals surface area contributed by atoms with Crippen molar-refractivity contribution in [2.24, 2.45) is 5.92 Å². The molecule has 0 fully saturated rings. The Morgan fingerprint density at radius 3 is 0.710 bits per heavy atom. The van der Waals surface area contributed by atoms with Gasteiger partial charge in [-0.1, -0.05) is 323 Å². The largest absolute Gasteiger partial charge is 0.462 e. The van der Waals surface area contributed by atoms with Crippen molar-refractivity contribution in [1.82, 2.24) is 0 Å². The van der Waals surface area contributed by atoms with Crippen LogP contribution in [-0.4, -0.2) is 37.2 Å². The second-order valence-corrected chi connectivity index (χ2v) is 22.2. The lowest BCUT2D eigenvalue weighted by Gasteiger charge is -2.18. The Labute approximate surface area is 431 Å². The lowest BCUT2D eigenvalue weighted by Crippen LogP contribution is -2.30. The summed E-state index contributed by atoms with van der Waals surface area (Å²) in [6.07, 6.45) is 63.8. The number of rotatable bonds is 58. The van der Waals surface area contributed by atoms with Crippen LogP contribution in [0.3, 0.4) is 0 Å². The summed E-state index contributed by atoms with van der Waals surface area (Å²) >= 11 is 0. The lowest BCUT2D eigenvalue weighted by molar-refractivity contribution is -0.167. The molecule has 0 unspecified atom stereocenters. The minimum atomic E-state index is -0.762. The molecule has 0 saturated carbocycles. The molecule has 0 aliphatic heterocycles. The molecule has 0 saturated heterocycles. The second-order valence-electron chi connectivity index (χ2n) is 22.2. The van der Waals surface area contributed by atoms with E-state index in [-0.39, 0.29) is 31.1 Å². The number of ether oxygens (including phenoxy) is 3. The van der Waals surface area contributed by atoms with Gasteiger partial charge in [0.1, 0.15) is 13.2 Å². The predicted octanol–water partition coefficient (Wildman–Crippen LogP) is 21.0. The van der Waals surface area contributed by atoms with Crippen molar-refractivity contribution in [2.75, 3.05) is 13.2 Å². The van der Waals surface area contributed by atoms with Gasteiger partial charge in [-0.3, -0.25) is 14.4 Å². The smallest absolute Gasteiger partial charge is 0.306 e. The number of carbonyl (C=O) groups is 3. The van der Waals surface area contributed by atoms with Crippen LogP contribution in [0.2, 0.25) is 0 Å². The molecule has 0 spiro atoms. The fourth-order valence-corrected chi connectivity index (χ4v) is 9.81. The zero-order chi connectivity index (χ0) is 50.2. The molecular weight excluding hydrogens is 853 g/mol. The first-order valence-corrected chi connectivity index (χ1v) is 31.4. The Morgan fingerprint density at radius 1 is 0.275 bits per heavy atom. The number of hydrogen-bond donors (Lipinski definition) is 0. The number of hydrogen-bond acceptors (Lipinski definition) is 6. The van der Waals surface area contributed by atoms with Crippen LogP contribution in [0.4, 0.5) is 0 Å². The van der Waals surface area contributed by atoms with Gasteiger partial charge in [-0.15, -0.1) is 0 Å². The molecule has 0 radical (unpaired) electrons. The first-order chi connectivity index (χ1) is 33.9. The van der Waals surface area contributed by atoms with Gasteiger partial charge < -0.3 is 14.2 Å². The van der Waals surface area contributed by atoms with Gasteiger partial charge >= 0.3 is 17.9 Å². The predicted molar refractivity (Wildman–Crippen MR) is 298 cm³/mol. The number of esters is 3. The highest BCUT2D eigenvalue weighted by molar-refractivity contribution is 5.71. The van der Waals surface area contributed by atoms with Crippen molar-refractivity contribution in [1.29, 1.82) is 0 Å². The summed E-state index contributed by atoms with van der Waals surface area (Å²) in [5.41, 5.74) is 0. The fraction of sp³-hybridized carbons (Fsp3) is 0.952. The van der Waals surface area contributed by atoms with Crippen LogP contribution in [0.15, 0.2) is 0 Å². The van der Waals surface area contributed by atoms with E-state index in [2.05, 4.69) is 27.7 Å². The van der Waals surface area contributed by atoms with Gasteiger partial charge in [-0.05, 0) is 25.2 Å². The average molecular weight is 976 g/mol. The molecule has 0 heterocycles. The zero-order valence-electron chi connectivity index (χ0n) is 47.3. The normalized spacial score (nSPS) is 12.0. The molecule has 1 atom stereocenters. The molecule has 6 nitrogen and oxygen atoms in total. The summed E-state index contributed by atoms with van der Waals surface area (Å²) < 4.78 is 16.9. The summed E-state index contributed by atoms with van der Waals surface area (Å²) in [5.74, 6) is 0.0207. The monoisotopic (exact) mass is 975 g/mol. The Bertz CT molecular complexity index is 1040. The first-order valence-electron chi connectivity index (χ1n) is 31.4. The van der Waals surface area contributed by atoms with Crippen LogP contribution in [0.5, 0.6) is 0 Å². The zero-order valence-corrected chi connectivity index (χ0v) is 47.3. The van der Waals surface area contributed by atoms with Crippen LogP contribution < -0.4 is 0 Å². The van der Waals surface area contributed by atoms with Crippen molar-refractivity contribution in [3.63, 3.8) is 0 Å². The molecule has 6 heteroatoms. The third-order valence-corrected chi connectivity index (χ3v) is 14.5. The second kappa shape index (κ2) is 57.3. The quantitative estimate of drug-likeness (QED) is 0.0343. The van der Waals surface area contributed by atoms with Gasteiger partial charge in [0.2, 0.25) is 0 Å². The van der Waals surface area contributed by atoms with Crippen LogP contribution in [0.1, 0.15) is 362 Å². The van der Waals surface area contributed by atoms with Crippen molar-refractivity contribution in [3.05, 3.63) is 0 Å². The van der Waals surface area contributed by atoms with Crippen LogP contribution in [-0.2, 0) is 28.6 Å². The molecule has 410 valence electrons. The third-order valence-electron chi connectivity index (χ3n) is 14.5. The molecule has 0 rings (SSSR count). The molecule has 0 bridgehead atoms. The van der Waals surface area contributed by atoms with Gasteiger partial charge in [0.15, 0.2) is 6.10 Å². The molecule has 0 amide bonds. The van der Waals surface area contributed by atoms with E-state index >= 15 is 0 Å². The highest BCUT2D eigenvalue weighted by atomic mass is 16.6. The summed E-state index contributed by atoms with van der Waals surface area (Å²) in [6.45, 7) is 9.09. The topological polar surface area (TPSA) is 78.9 Å². The fourth-order valence-electron chi connectivity index (χ4n) is 9.81. The minimum absolute atomic E-state index is 0.0612. The summed E-state index contributed by atoms with van der Waals surface area (Å²) in [4.78, 5) is 38.3. The molecule has 0 aromatic carbocycles. The van der Waals surface area contributed by atoms with E-state index in [1.54, 1.807) is 0 Å². The average Bonchev–Trinajstić information content (AvgIpc) is 3.34. The number of carbonyl (C=O) groups excluding carboxylic acids is 3. The highest BCUT2D eigenvalue weighted by Crippen LogP contribution is 2.19. The van der Waals surface area contributed by atoms with Gasteiger partial charge in [0.25, 0.3) is 0 Å². The van der Waals surface area contributed by atoms with E-state index in [1.165, 1.54) is 257 Å². The summed E-state index contributed by atoms with van der Waals surface area (Å²) in [5, 5.41) is 0. The first kappa shape index (κ1) is 67.4. The Hall–Kier alpha value is -1.59. The van der Waals surface area contributed by atoms with E-state index < -0.39 is 6.10 Å². The molecular formula is C63H122O6. The van der Waals surface area contributed by atoms with Gasteiger partial charge in [0.05, 0.1) is 0 Å². The van der Waals surface area contributed by atoms with E-state index in [1.807, 2.05) is 0 Å². The van der Waals surface area contributed by atoms with Crippen molar-refractivity contribution in [3.8, 4) is 0 Å². The van der Waals surface area contributed by atoms with Gasteiger partial charge in [-0.25, -0.2) is 0 Å². The van der Waals surface area contributed by atoms with Gasteiger partial charge in [0, 0.05) is 19.3 Å². The molecule has 0 N–H and O–H groups in total. The van der Waals surface area contributed by atoms with Crippen molar-refractivity contribution < 1.29 is 28.6 Å². The maximum Gasteiger partial charge on any atom is 0.306 e.